The summed E-state index contributed by atoms with van der Waals surface area (Å²) < 4.78 is 0. The van der Waals surface area contributed by atoms with E-state index in [1.165, 1.54) is 0 Å². The summed E-state index contributed by atoms with van der Waals surface area (Å²) in [6.07, 6.45) is 0.850. The van der Waals surface area contributed by atoms with Crippen LogP contribution < -0.4 is 10.6 Å². The number of benzene rings is 2. The van der Waals surface area contributed by atoms with Crippen LogP contribution in [-0.2, 0) is 17.9 Å². The SMILES string of the molecule is NCc1cccc(N(C=O)Cc2ccccc2)c1. The summed E-state index contributed by atoms with van der Waals surface area (Å²) in [6.45, 7) is 1.05. The molecule has 0 aliphatic heterocycles. The third-order valence-corrected chi connectivity index (χ3v) is 2.80. The third-order valence-electron chi connectivity index (χ3n) is 2.80. The number of anilines is 1. The topological polar surface area (TPSA) is 46.3 Å². The van der Waals surface area contributed by atoms with E-state index in [2.05, 4.69) is 0 Å². The molecule has 92 valence electrons. The maximum atomic E-state index is 11.2. The van der Waals surface area contributed by atoms with E-state index in [0.717, 1.165) is 23.2 Å². The second-order valence-corrected chi connectivity index (χ2v) is 4.09. The number of nitrogens with two attached hydrogens (primary N) is 1. The minimum absolute atomic E-state index is 0.478. The molecule has 0 saturated carbocycles. The second-order valence-electron chi connectivity index (χ2n) is 4.09. The van der Waals surface area contributed by atoms with Gasteiger partial charge in [-0.1, -0.05) is 42.5 Å². The van der Waals surface area contributed by atoms with Crippen LogP contribution in [0, 0.1) is 0 Å². The molecule has 0 unspecified atom stereocenters. The van der Waals surface area contributed by atoms with Crippen molar-refractivity contribution in [1.29, 1.82) is 0 Å². The monoisotopic (exact) mass is 240 g/mol. The van der Waals surface area contributed by atoms with Crippen LogP contribution in [0.4, 0.5) is 5.69 Å². The van der Waals surface area contributed by atoms with Crippen LogP contribution in [0.25, 0.3) is 0 Å². The second kappa shape index (κ2) is 5.98. The predicted molar refractivity (Wildman–Crippen MR) is 73.0 cm³/mol. The summed E-state index contributed by atoms with van der Waals surface area (Å²) in [5, 5.41) is 0. The van der Waals surface area contributed by atoms with Gasteiger partial charge >= 0.3 is 0 Å². The van der Waals surface area contributed by atoms with Crippen LogP contribution in [0.5, 0.6) is 0 Å². The van der Waals surface area contributed by atoms with Crippen molar-refractivity contribution in [3.63, 3.8) is 0 Å². The van der Waals surface area contributed by atoms with Gasteiger partial charge in [-0.05, 0) is 23.3 Å². The number of hydrogen-bond acceptors (Lipinski definition) is 2. The van der Waals surface area contributed by atoms with Gasteiger partial charge in [0.05, 0.1) is 6.54 Å². The Kier molecular flexibility index (Phi) is 4.10. The van der Waals surface area contributed by atoms with Gasteiger partial charge in [0.25, 0.3) is 0 Å². The van der Waals surface area contributed by atoms with Gasteiger partial charge in [0.15, 0.2) is 0 Å². The molecule has 3 nitrogen and oxygen atoms in total. The Morgan fingerprint density at radius 3 is 2.39 bits per heavy atom. The van der Waals surface area contributed by atoms with E-state index in [0.29, 0.717) is 13.1 Å². The first kappa shape index (κ1) is 12.3. The van der Waals surface area contributed by atoms with Gasteiger partial charge in [-0.25, -0.2) is 0 Å². The Bertz CT molecular complexity index is 511. The Hall–Kier alpha value is -2.13. The molecule has 2 aromatic rings. The fourth-order valence-electron chi connectivity index (χ4n) is 1.83. The highest BCUT2D eigenvalue weighted by Crippen LogP contribution is 2.17. The molecule has 0 fully saturated rings. The van der Waals surface area contributed by atoms with Gasteiger partial charge in [0.1, 0.15) is 0 Å². The van der Waals surface area contributed by atoms with Crippen LogP contribution in [0.3, 0.4) is 0 Å². The average Bonchev–Trinajstić information content (AvgIpc) is 2.46. The van der Waals surface area contributed by atoms with Crippen LogP contribution in [-0.4, -0.2) is 6.41 Å². The van der Waals surface area contributed by atoms with Crippen LogP contribution in [0.2, 0.25) is 0 Å². The number of hydrogen-bond donors (Lipinski definition) is 1. The lowest BCUT2D eigenvalue weighted by atomic mass is 10.1. The van der Waals surface area contributed by atoms with E-state index in [1.807, 2.05) is 54.6 Å². The summed E-state index contributed by atoms with van der Waals surface area (Å²) in [4.78, 5) is 12.9. The van der Waals surface area contributed by atoms with Crippen LogP contribution in [0.15, 0.2) is 54.6 Å². The molecule has 0 radical (unpaired) electrons. The molecule has 0 aliphatic rings. The highest BCUT2D eigenvalue weighted by Gasteiger charge is 2.06. The first-order chi connectivity index (χ1) is 8.83. The van der Waals surface area contributed by atoms with Crippen molar-refractivity contribution in [1.82, 2.24) is 0 Å². The molecule has 0 aliphatic carbocycles. The fraction of sp³-hybridized carbons (Fsp3) is 0.133. The average molecular weight is 240 g/mol. The van der Waals surface area contributed by atoms with Gasteiger partial charge < -0.3 is 10.6 Å². The molecular formula is C15H16N2O. The van der Waals surface area contributed by atoms with E-state index < -0.39 is 0 Å². The molecule has 0 atom stereocenters. The normalized spacial score (nSPS) is 10.1. The molecule has 2 aromatic carbocycles. The van der Waals surface area contributed by atoms with E-state index in [4.69, 9.17) is 5.73 Å². The highest BCUT2D eigenvalue weighted by molar-refractivity contribution is 5.75. The molecule has 2 rings (SSSR count). The van der Waals surface area contributed by atoms with Crippen molar-refractivity contribution < 1.29 is 4.79 Å². The first-order valence-corrected chi connectivity index (χ1v) is 5.88. The van der Waals surface area contributed by atoms with Crippen molar-refractivity contribution in [3.05, 3.63) is 65.7 Å². The maximum absolute atomic E-state index is 11.2. The molecular weight excluding hydrogens is 224 g/mol. The minimum atomic E-state index is 0.478. The summed E-state index contributed by atoms with van der Waals surface area (Å²) in [5.74, 6) is 0. The smallest absolute Gasteiger partial charge is 0.214 e. The fourth-order valence-corrected chi connectivity index (χ4v) is 1.83. The summed E-state index contributed by atoms with van der Waals surface area (Å²) in [7, 11) is 0. The lowest BCUT2D eigenvalue weighted by Crippen LogP contribution is -2.20. The predicted octanol–water partition coefficient (Wildman–Crippen LogP) is 2.31. The lowest BCUT2D eigenvalue weighted by Gasteiger charge is -2.18. The molecule has 0 spiro atoms. The molecule has 0 saturated heterocycles. The summed E-state index contributed by atoms with van der Waals surface area (Å²) >= 11 is 0. The maximum Gasteiger partial charge on any atom is 0.214 e. The number of nitrogens with zero attached hydrogens (tertiary/aromatic N) is 1. The zero-order chi connectivity index (χ0) is 12.8. The van der Waals surface area contributed by atoms with Crippen molar-refractivity contribution in [2.24, 2.45) is 5.73 Å². The molecule has 1 amide bonds. The number of carbonyl (C=O) groups excluding carboxylic acids is 1. The van der Waals surface area contributed by atoms with Crippen LogP contribution >= 0.6 is 0 Å². The third kappa shape index (κ3) is 2.96. The zero-order valence-corrected chi connectivity index (χ0v) is 10.1. The van der Waals surface area contributed by atoms with Crippen molar-refractivity contribution >= 4 is 12.1 Å². The summed E-state index contributed by atoms with van der Waals surface area (Å²) in [5.41, 5.74) is 8.60. The summed E-state index contributed by atoms with van der Waals surface area (Å²) in [6, 6.07) is 17.6. The van der Waals surface area contributed by atoms with Gasteiger partial charge in [-0.2, -0.15) is 0 Å². The molecule has 2 N–H and O–H groups in total. The Morgan fingerprint density at radius 2 is 1.72 bits per heavy atom. The molecule has 3 heteroatoms. The standard InChI is InChI=1S/C15H16N2O/c16-10-14-7-4-8-15(9-14)17(12-18)11-13-5-2-1-3-6-13/h1-9,12H,10-11,16H2. The Labute approximate surface area is 107 Å². The first-order valence-electron chi connectivity index (χ1n) is 5.88. The van der Waals surface area contributed by atoms with Crippen molar-refractivity contribution in [2.75, 3.05) is 4.90 Å². The van der Waals surface area contributed by atoms with E-state index >= 15 is 0 Å². The largest absolute Gasteiger partial charge is 0.326 e. The van der Waals surface area contributed by atoms with Gasteiger partial charge in [-0.3, -0.25) is 4.79 Å². The lowest BCUT2D eigenvalue weighted by molar-refractivity contribution is -0.107. The van der Waals surface area contributed by atoms with Gasteiger partial charge in [0, 0.05) is 12.2 Å². The number of amides is 1. The van der Waals surface area contributed by atoms with Crippen LogP contribution in [0.1, 0.15) is 11.1 Å². The Morgan fingerprint density at radius 1 is 1.00 bits per heavy atom. The molecule has 0 aromatic heterocycles. The zero-order valence-electron chi connectivity index (χ0n) is 10.1. The molecule has 0 heterocycles. The number of rotatable bonds is 5. The van der Waals surface area contributed by atoms with Gasteiger partial charge in [0.2, 0.25) is 6.41 Å². The van der Waals surface area contributed by atoms with Gasteiger partial charge in [-0.15, -0.1) is 0 Å². The quantitative estimate of drug-likeness (QED) is 0.815. The highest BCUT2D eigenvalue weighted by atomic mass is 16.1. The van der Waals surface area contributed by atoms with Crippen molar-refractivity contribution in [2.45, 2.75) is 13.1 Å². The van der Waals surface area contributed by atoms with E-state index in [-0.39, 0.29) is 0 Å². The van der Waals surface area contributed by atoms with Crippen molar-refractivity contribution in [3.8, 4) is 0 Å². The van der Waals surface area contributed by atoms with E-state index in [9.17, 15) is 4.79 Å². The Balaban J connectivity index is 2.20. The minimum Gasteiger partial charge on any atom is -0.326 e. The van der Waals surface area contributed by atoms with E-state index in [1.54, 1.807) is 4.90 Å². The molecule has 0 bridgehead atoms. The number of carbonyl (C=O) groups is 1. The molecule has 18 heavy (non-hydrogen) atoms.